The molecule has 0 saturated heterocycles. The van der Waals surface area contributed by atoms with Crippen molar-refractivity contribution in [2.75, 3.05) is 0 Å². The van der Waals surface area contributed by atoms with Crippen LogP contribution in [0, 0.1) is 19.7 Å². The number of aromatic nitrogens is 3. The van der Waals surface area contributed by atoms with Crippen molar-refractivity contribution in [3.8, 4) is 0 Å². The summed E-state index contributed by atoms with van der Waals surface area (Å²) in [5.74, 6) is 1.43. The van der Waals surface area contributed by atoms with E-state index in [9.17, 15) is 9.18 Å². The van der Waals surface area contributed by atoms with Gasteiger partial charge in [0.2, 0.25) is 0 Å². The summed E-state index contributed by atoms with van der Waals surface area (Å²) in [6.07, 6.45) is 1.63. The first-order chi connectivity index (χ1) is 11.5. The largest absolute Gasteiger partial charge is 0.347 e. The molecule has 0 fully saturated rings. The number of nitrogens with zero attached hydrogens (tertiary/aromatic N) is 3. The fraction of sp³-hybridized carbons (Fsp3) is 0.353. The Morgan fingerprint density at radius 1 is 1.38 bits per heavy atom. The number of carbonyl (C=O) groups excluding carboxylic acids is 1. The number of nitrogens with one attached hydrogen (secondary N) is 1. The van der Waals surface area contributed by atoms with Crippen molar-refractivity contribution < 1.29 is 9.18 Å². The molecule has 124 valence electrons. The van der Waals surface area contributed by atoms with E-state index in [1.807, 2.05) is 17.6 Å². The van der Waals surface area contributed by atoms with Gasteiger partial charge in [0.1, 0.15) is 17.5 Å². The van der Waals surface area contributed by atoms with E-state index >= 15 is 0 Å². The van der Waals surface area contributed by atoms with Crippen LogP contribution in [0.15, 0.2) is 18.2 Å². The molecule has 1 aliphatic heterocycles. The maximum atomic E-state index is 14.0. The number of benzene rings is 1. The number of amides is 1. The minimum absolute atomic E-state index is 0.0363. The normalized spacial score (nSPS) is 17.0. The number of hydrogen-bond donors (Lipinski definition) is 1. The second-order valence-corrected chi connectivity index (χ2v) is 7.20. The van der Waals surface area contributed by atoms with E-state index in [0.29, 0.717) is 22.4 Å². The summed E-state index contributed by atoms with van der Waals surface area (Å²) in [6, 6.07) is 4.99. The maximum Gasteiger partial charge on any atom is 0.261 e. The lowest BCUT2D eigenvalue weighted by Crippen LogP contribution is -2.41. The number of hydrogen-bond acceptors (Lipinski definition) is 4. The predicted octanol–water partition coefficient (Wildman–Crippen LogP) is 2.99. The van der Waals surface area contributed by atoms with E-state index in [-0.39, 0.29) is 17.8 Å². The van der Waals surface area contributed by atoms with Gasteiger partial charge in [0.25, 0.3) is 5.91 Å². The van der Waals surface area contributed by atoms with Crippen LogP contribution in [0.2, 0.25) is 0 Å². The lowest BCUT2D eigenvalue weighted by Gasteiger charge is -2.24. The van der Waals surface area contributed by atoms with E-state index in [0.717, 1.165) is 29.2 Å². The fourth-order valence-corrected chi connectivity index (χ4v) is 4.43. The van der Waals surface area contributed by atoms with E-state index in [4.69, 9.17) is 0 Å². The summed E-state index contributed by atoms with van der Waals surface area (Å²) in [6.45, 7) is 4.40. The molecule has 1 atom stereocenters. The molecular formula is C17H17FN4OS. The third-order valence-electron chi connectivity index (χ3n) is 4.58. The van der Waals surface area contributed by atoms with E-state index in [1.165, 1.54) is 17.4 Å². The van der Waals surface area contributed by atoms with Gasteiger partial charge in [-0.15, -0.1) is 21.5 Å². The van der Waals surface area contributed by atoms with E-state index in [1.54, 1.807) is 13.0 Å². The average Bonchev–Trinajstić information content (AvgIpc) is 3.09. The summed E-state index contributed by atoms with van der Waals surface area (Å²) in [5.41, 5.74) is 0.711. The third kappa shape index (κ3) is 2.39. The molecule has 4 rings (SSSR count). The number of rotatable bonds is 2. The van der Waals surface area contributed by atoms with Crippen molar-refractivity contribution in [3.05, 3.63) is 46.1 Å². The van der Waals surface area contributed by atoms with E-state index < -0.39 is 0 Å². The smallest absolute Gasteiger partial charge is 0.261 e. The Morgan fingerprint density at radius 3 is 3.00 bits per heavy atom. The van der Waals surface area contributed by atoms with Gasteiger partial charge in [0, 0.05) is 29.1 Å². The Kier molecular flexibility index (Phi) is 3.60. The summed E-state index contributed by atoms with van der Waals surface area (Å²) in [7, 11) is 0. The van der Waals surface area contributed by atoms with Gasteiger partial charge in [0.15, 0.2) is 0 Å². The first-order valence-electron chi connectivity index (χ1n) is 7.91. The molecule has 0 aliphatic carbocycles. The van der Waals surface area contributed by atoms with Crippen molar-refractivity contribution in [2.45, 2.75) is 39.3 Å². The Bertz CT molecular complexity index is 946. The molecule has 24 heavy (non-hydrogen) atoms. The lowest BCUT2D eigenvalue weighted by atomic mass is 10.1. The molecule has 1 aliphatic rings. The van der Waals surface area contributed by atoms with Crippen LogP contribution in [0.3, 0.4) is 0 Å². The van der Waals surface area contributed by atoms with Crippen LogP contribution in [-0.2, 0) is 13.0 Å². The summed E-state index contributed by atoms with van der Waals surface area (Å²) < 4.78 is 16.9. The highest BCUT2D eigenvalue weighted by Gasteiger charge is 2.25. The molecule has 0 spiro atoms. The molecule has 1 unspecified atom stereocenters. The first-order valence-corrected chi connectivity index (χ1v) is 8.73. The van der Waals surface area contributed by atoms with Crippen LogP contribution in [0.5, 0.6) is 0 Å². The highest BCUT2D eigenvalue weighted by atomic mass is 32.1. The molecule has 2 aromatic heterocycles. The zero-order valence-corrected chi connectivity index (χ0v) is 14.3. The standard InChI is InChI=1S/C17H17FN4OS/c1-9-15-12(18)4-3-5-13(15)24-16(9)17(23)19-11-6-7-14-21-20-10(2)22(14)8-11/h3-5,11H,6-8H2,1-2H3,(H,19,23). The second kappa shape index (κ2) is 5.66. The molecule has 7 heteroatoms. The van der Waals surface area contributed by atoms with Crippen molar-refractivity contribution in [1.82, 2.24) is 20.1 Å². The van der Waals surface area contributed by atoms with Gasteiger partial charge in [0.05, 0.1) is 4.88 Å². The molecular weight excluding hydrogens is 327 g/mol. The zero-order chi connectivity index (χ0) is 16.8. The van der Waals surface area contributed by atoms with Crippen LogP contribution in [0.25, 0.3) is 10.1 Å². The van der Waals surface area contributed by atoms with Gasteiger partial charge in [-0.1, -0.05) is 6.07 Å². The van der Waals surface area contributed by atoms with Crippen LogP contribution in [0.1, 0.15) is 33.3 Å². The SMILES string of the molecule is Cc1c(C(=O)NC2CCc3nnc(C)n3C2)sc2cccc(F)c12. The Hall–Kier alpha value is -2.28. The Balaban J connectivity index is 1.58. The van der Waals surface area contributed by atoms with Gasteiger partial charge < -0.3 is 9.88 Å². The van der Waals surface area contributed by atoms with Crippen LogP contribution >= 0.6 is 11.3 Å². The van der Waals surface area contributed by atoms with Crippen molar-refractivity contribution in [2.24, 2.45) is 0 Å². The topological polar surface area (TPSA) is 59.8 Å². The van der Waals surface area contributed by atoms with Gasteiger partial charge in [-0.2, -0.15) is 0 Å². The van der Waals surface area contributed by atoms with Crippen LogP contribution in [-0.4, -0.2) is 26.7 Å². The fourth-order valence-electron chi connectivity index (χ4n) is 3.30. The molecule has 0 bridgehead atoms. The average molecular weight is 344 g/mol. The number of carbonyl (C=O) groups is 1. The molecule has 1 aromatic carbocycles. The minimum atomic E-state index is -0.275. The highest BCUT2D eigenvalue weighted by Crippen LogP contribution is 2.32. The summed E-state index contributed by atoms with van der Waals surface area (Å²) in [4.78, 5) is 13.3. The minimum Gasteiger partial charge on any atom is -0.347 e. The van der Waals surface area contributed by atoms with E-state index in [2.05, 4.69) is 15.5 Å². The second-order valence-electron chi connectivity index (χ2n) is 6.15. The molecule has 1 N–H and O–H groups in total. The molecule has 3 heterocycles. The Labute approximate surface area is 142 Å². The number of thiophene rings is 1. The molecule has 1 amide bonds. The monoisotopic (exact) mass is 344 g/mol. The molecule has 5 nitrogen and oxygen atoms in total. The lowest BCUT2D eigenvalue weighted by molar-refractivity contribution is 0.0931. The predicted molar refractivity (Wildman–Crippen MR) is 90.9 cm³/mol. The third-order valence-corrected chi connectivity index (χ3v) is 5.83. The first kappa shape index (κ1) is 15.3. The van der Waals surface area contributed by atoms with Gasteiger partial charge >= 0.3 is 0 Å². The molecule has 3 aromatic rings. The quantitative estimate of drug-likeness (QED) is 0.777. The van der Waals surface area contributed by atoms with Crippen LogP contribution in [0.4, 0.5) is 4.39 Å². The zero-order valence-electron chi connectivity index (χ0n) is 13.5. The van der Waals surface area contributed by atoms with Gasteiger partial charge in [-0.25, -0.2) is 4.39 Å². The summed E-state index contributed by atoms with van der Waals surface area (Å²) in [5, 5.41) is 11.9. The molecule has 0 saturated carbocycles. The number of halogens is 1. The van der Waals surface area contributed by atoms with Crippen molar-refractivity contribution >= 4 is 27.3 Å². The van der Waals surface area contributed by atoms with Crippen molar-refractivity contribution in [3.63, 3.8) is 0 Å². The van der Waals surface area contributed by atoms with Crippen molar-refractivity contribution in [1.29, 1.82) is 0 Å². The maximum absolute atomic E-state index is 14.0. The number of aryl methyl sites for hydroxylation is 3. The highest BCUT2D eigenvalue weighted by molar-refractivity contribution is 7.21. The Morgan fingerprint density at radius 2 is 2.21 bits per heavy atom. The van der Waals surface area contributed by atoms with Gasteiger partial charge in [-0.3, -0.25) is 4.79 Å². The van der Waals surface area contributed by atoms with Crippen LogP contribution < -0.4 is 5.32 Å². The van der Waals surface area contributed by atoms with Gasteiger partial charge in [-0.05, 0) is 38.0 Å². The summed E-state index contributed by atoms with van der Waals surface area (Å²) >= 11 is 1.34. The number of fused-ring (bicyclic) bond motifs is 2. The molecule has 0 radical (unpaired) electrons.